The van der Waals surface area contributed by atoms with Crippen LogP contribution < -0.4 is 5.32 Å². The molecule has 0 aromatic carbocycles. The second-order valence-corrected chi connectivity index (χ2v) is 4.30. The van der Waals surface area contributed by atoms with Crippen LogP contribution in [0, 0.1) is 0 Å². The van der Waals surface area contributed by atoms with E-state index in [1.165, 1.54) is 0 Å². The lowest BCUT2D eigenvalue weighted by atomic mass is 9.65. The monoisotopic (exact) mass is 180 g/mol. The summed E-state index contributed by atoms with van der Waals surface area (Å²) in [5.41, 5.74) is -0.546. The molecular weight excluding hydrogens is 159 g/mol. The number of hydrogen-bond acceptors (Lipinski definition) is 2. The lowest BCUT2D eigenvalue weighted by Gasteiger charge is -2.47. The summed E-state index contributed by atoms with van der Waals surface area (Å²) < 4.78 is 0. The molecule has 0 aliphatic rings. The van der Waals surface area contributed by atoms with Crippen molar-refractivity contribution in [3.05, 3.63) is 12.3 Å². The van der Waals surface area contributed by atoms with Crippen molar-refractivity contribution in [3.8, 4) is 0 Å². The first-order chi connectivity index (χ1) is 5.75. The van der Waals surface area contributed by atoms with E-state index >= 15 is 0 Å². The highest BCUT2D eigenvalue weighted by Gasteiger charge is 2.37. The van der Waals surface area contributed by atoms with Crippen LogP contribution in [0.1, 0.15) is 27.7 Å². The highest BCUT2D eigenvalue weighted by molar-refractivity contribution is 6.16. The van der Waals surface area contributed by atoms with E-state index in [1.807, 2.05) is 40.2 Å². The third-order valence-corrected chi connectivity index (χ3v) is 2.94. The molecule has 0 amide bonds. The average Bonchev–Trinajstić information content (AvgIpc) is 2.00. The van der Waals surface area contributed by atoms with Gasteiger partial charge in [0.15, 0.2) is 0 Å². The van der Waals surface area contributed by atoms with E-state index in [2.05, 4.69) is 24.1 Å². The molecule has 0 aliphatic heterocycles. The molecule has 0 aromatic rings. The van der Waals surface area contributed by atoms with Crippen molar-refractivity contribution in [2.75, 3.05) is 14.1 Å². The molecule has 0 saturated heterocycles. The minimum absolute atomic E-state index is 0.105. The quantitative estimate of drug-likeness (QED) is 0.656. The molecule has 1 N–H and O–H groups in total. The molecule has 1 unspecified atom stereocenters. The van der Waals surface area contributed by atoms with E-state index < -0.39 is 5.44 Å². The first-order valence-corrected chi connectivity index (χ1v) is 4.61. The van der Waals surface area contributed by atoms with E-state index in [-0.39, 0.29) is 5.54 Å². The zero-order chi connectivity index (χ0) is 10.7. The molecule has 0 bridgehead atoms. The van der Waals surface area contributed by atoms with Gasteiger partial charge in [0, 0.05) is 11.0 Å². The van der Waals surface area contributed by atoms with Crippen LogP contribution in [-0.2, 0) is 0 Å². The number of nitrogens with zero attached hydrogens (tertiary/aromatic N) is 1. The van der Waals surface area contributed by atoms with Crippen LogP contribution in [0.25, 0.3) is 0 Å². The maximum absolute atomic E-state index is 6.18. The second-order valence-electron chi connectivity index (χ2n) is 4.30. The van der Waals surface area contributed by atoms with Crippen LogP contribution in [0.4, 0.5) is 0 Å². The molecule has 0 aromatic heterocycles. The Kier molecular flexibility index (Phi) is 4.04. The van der Waals surface area contributed by atoms with Crippen LogP contribution in [0.3, 0.4) is 0 Å². The third-order valence-electron chi connectivity index (χ3n) is 2.94. The number of rotatable bonds is 4. The van der Waals surface area contributed by atoms with Gasteiger partial charge in [-0.15, -0.1) is 0 Å². The largest absolute Gasteiger partial charge is 0.393 e. The van der Waals surface area contributed by atoms with Gasteiger partial charge in [0.05, 0.1) is 0 Å². The van der Waals surface area contributed by atoms with Crippen molar-refractivity contribution < 1.29 is 0 Å². The Morgan fingerprint density at radius 3 is 2.00 bits per heavy atom. The Hall–Kier alpha value is -0.435. The first kappa shape index (κ1) is 12.6. The molecule has 74 valence electrons. The predicted molar refractivity (Wildman–Crippen MR) is 59.9 cm³/mol. The molecule has 0 rings (SSSR count). The number of nitrogens with one attached hydrogen (secondary N) is 1. The van der Waals surface area contributed by atoms with Gasteiger partial charge >= 0.3 is 0 Å². The molecule has 3 heteroatoms. The number of allylic oxidation sites excluding steroid dienone is 1. The highest BCUT2D eigenvalue weighted by Crippen LogP contribution is 2.23. The fraction of sp³-hybridized carbons (Fsp3) is 0.800. The normalized spacial score (nSPS) is 17.8. The van der Waals surface area contributed by atoms with E-state index in [9.17, 15) is 0 Å². The van der Waals surface area contributed by atoms with Crippen LogP contribution in [0.2, 0.25) is 0 Å². The summed E-state index contributed by atoms with van der Waals surface area (Å²) >= 11 is 0. The topological polar surface area (TPSA) is 15.3 Å². The van der Waals surface area contributed by atoms with Crippen molar-refractivity contribution in [1.29, 1.82) is 0 Å². The van der Waals surface area contributed by atoms with Gasteiger partial charge in [-0.2, -0.15) is 0 Å². The molecule has 13 heavy (non-hydrogen) atoms. The maximum atomic E-state index is 6.18. The van der Waals surface area contributed by atoms with E-state index in [0.717, 1.165) is 0 Å². The third kappa shape index (κ3) is 2.76. The standard InChI is InChI=1S/C10H21BN2/c1-7-8-12-10(4,11)9(2,3)13(5)6/h7-8,12H,1-6H3/b8-7-. The van der Waals surface area contributed by atoms with Crippen molar-refractivity contribution in [2.45, 2.75) is 38.7 Å². The summed E-state index contributed by atoms with van der Waals surface area (Å²) in [5, 5.41) is 3.19. The van der Waals surface area contributed by atoms with E-state index in [1.54, 1.807) is 0 Å². The minimum Gasteiger partial charge on any atom is -0.393 e. The summed E-state index contributed by atoms with van der Waals surface area (Å²) in [7, 11) is 10.2. The van der Waals surface area contributed by atoms with E-state index in [0.29, 0.717) is 0 Å². The summed E-state index contributed by atoms with van der Waals surface area (Å²) in [5.74, 6) is 0. The summed E-state index contributed by atoms with van der Waals surface area (Å²) in [6.07, 6.45) is 3.82. The molecule has 2 nitrogen and oxygen atoms in total. The van der Waals surface area contributed by atoms with Gasteiger partial charge in [-0.05, 0) is 48.0 Å². The molecule has 1 atom stereocenters. The molecule has 0 fully saturated rings. The lowest BCUT2D eigenvalue weighted by Crippen LogP contribution is -2.63. The van der Waals surface area contributed by atoms with Crippen LogP contribution in [0.15, 0.2) is 12.3 Å². The summed E-state index contributed by atoms with van der Waals surface area (Å²) in [6, 6.07) is 0. The first-order valence-electron chi connectivity index (χ1n) is 4.61. The van der Waals surface area contributed by atoms with Crippen molar-refractivity contribution in [2.24, 2.45) is 0 Å². The van der Waals surface area contributed by atoms with Crippen LogP contribution in [-0.4, -0.2) is 37.8 Å². The highest BCUT2D eigenvalue weighted by atomic mass is 15.2. The number of hydrogen-bond donors (Lipinski definition) is 1. The Morgan fingerprint density at radius 1 is 1.23 bits per heavy atom. The minimum atomic E-state index is -0.441. The molecule has 0 spiro atoms. The Labute approximate surface area is 83.8 Å². The molecule has 0 saturated carbocycles. The lowest BCUT2D eigenvalue weighted by molar-refractivity contribution is 0.131. The fourth-order valence-corrected chi connectivity index (χ4v) is 0.898. The zero-order valence-electron chi connectivity index (χ0n) is 9.68. The van der Waals surface area contributed by atoms with Crippen molar-refractivity contribution >= 4 is 7.85 Å². The molecule has 0 heterocycles. The zero-order valence-corrected chi connectivity index (χ0v) is 9.68. The van der Waals surface area contributed by atoms with Crippen LogP contribution in [0.5, 0.6) is 0 Å². The summed E-state index contributed by atoms with van der Waals surface area (Å²) in [4.78, 5) is 2.11. The van der Waals surface area contributed by atoms with Gasteiger partial charge in [0.1, 0.15) is 7.85 Å². The Balaban J connectivity index is 4.59. The van der Waals surface area contributed by atoms with Crippen molar-refractivity contribution in [1.82, 2.24) is 10.2 Å². The average molecular weight is 180 g/mol. The van der Waals surface area contributed by atoms with Gasteiger partial charge in [0.25, 0.3) is 0 Å². The predicted octanol–water partition coefficient (Wildman–Crippen LogP) is 1.33. The van der Waals surface area contributed by atoms with E-state index in [4.69, 9.17) is 7.85 Å². The summed E-state index contributed by atoms with van der Waals surface area (Å²) in [6.45, 7) is 8.19. The molecule has 2 radical (unpaired) electrons. The Bertz CT molecular complexity index is 183. The van der Waals surface area contributed by atoms with Gasteiger partial charge in [0.2, 0.25) is 0 Å². The maximum Gasteiger partial charge on any atom is 0.105 e. The fourth-order valence-electron chi connectivity index (χ4n) is 0.898. The second kappa shape index (κ2) is 4.18. The Morgan fingerprint density at radius 2 is 1.69 bits per heavy atom. The molecule has 0 aliphatic carbocycles. The number of likely N-dealkylation sites (N-methyl/N-ethyl adjacent to an activating group) is 1. The SMILES string of the molecule is [B]C(C)(N/C=C\C)C(C)(C)N(C)C. The van der Waals surface area contributed by atoms with Gasteiger partial charge in [-0.25, -0.2) is 0 Å². The van der Waals surface area contributed by atoms with Gasteiger partial charge < -0.3 is 10.2 Å². The molecular formula is C10H21BN2. The van der Waals surface area contributed by atoms with Gasteiger partial charge in [-0.3, -0.25) is 0 Å². The van der Waals surface area contributed by atoms with Crippen LogP contribution >= 0.6 is 0 Å². The smallest absolute Gasteiger partial charge is 0.105 e. The van der Waals surface area contributed by atoms with Gasteiger partial charge in [-0.1, -0.05) is 6.08 Å². The van der Waals surface area contributed by atoms with Crippen molar-refractivity contribution in [3.63, 3.8) is 0 Å².